The number of benzene rings is 1. The van der Waals surface area contributed by atoms with E-state index in [-0.39, 0.29) is 5.91 Å². The summed E-state index contributed by atoms with van der Waals surface area (Å²) in [4.78, 5) is 12.2. The number of carbonyl (C=O) groups excluding carboxylic acids is 1. The second-order valence-electron chi connectivity index (χ2n) is 5.64. The molecule has 2 N–H and O–H groups in total. The molecule has 1 aromatic carbocycles. The number of piperidine rings is 1. The Morgan fingerprint density at radius 1 is 1.33 bits per heavy atom. The van der Waals surface area contributed by atoms with E-state index in [4.69, 9.17) is 23.2 Å². The van der Waals surface area contributed by atoms with E-state index in [0.717, 1.165) is 19.5 Å². The molecule has 1 unspecified atom stereocenters. The minimum atomic E-state index is 0.0544. The molecule has 0 bridgehead atoms. The van der Waals surface area contributed by atoms with E-state index >= 15 is 0 Å². The summed E-state index contributed by atoms with van der Waals surface area (Å²) in [6.07, 6.45) is 3.94. The van der Waals surface area contributed by atoms with E-state index in [9.17, 15) is 4.79 Å². The number of hydrogen-bond donors (Lipinski definition) is 2. The molecule has 21 heavy (non-hydrogen) atoms. The van der Waals surface area contributed by atoms with Crippen molar-refractivity contribution < 1.29 is 4.79 Å². The molecule has 2 rings (SSSR count). The summed E-state index contributed by atoms with van der Waals surface area (Å²) in [6.45, 7) is 4.30. The molecule has 1 aromatic rings. The van der Waals surface area contributed by atoms with Crippen LogP contribution in [0.5, 0.6) is 0 Å². The summed E-state index contributed by atoms with van der Waals surface area (Å²) in [5.41, 5.74) is 0.703. The highest BCUT2D eigenvalue weighted by molar-refractivity contribution is 6.42. The number of hydrogen-bond acceptors (Lipinski definition) is 2. The lowest BCUT2D eigenvalue weighted by Crippen LogP contribution is -2.33. The predicted molar refractivity (Wildman–Crippen MR) is 89.1 cm³/mol. The third kappa shape index (κ3) is 4.87. The average Bonchev–Trinajstić information content (AvgIpc) is 2.49. The van der Waals surface area contributed by atoms with Crippen LogP contribution >= 0.6 is 23.2 Å². The van der Waals surface area contributed by atoms with Crippen molar-refractivity contribution in [2.24, 2.45) is 11.8 Å². The quantitative estimate of drug-likeness (QED) is 0.843. The first kappa shape index (κ1) is 16.6. The summed E-state index contributed by atoms with van der Waals surface area (Å²) in [5.74, 6) is 1.16. The molecule has 1 aliphatic rings. The Labute approximate surface area is 136 Å². The van der Waals surface area contributed by atoms with Gasteiger partial charge in [0.2, 0.25) is 5.91 Å². The highest BCUT2D eigenvalue weighted by Gasteiger charge is 2.24. The van der Waals surface area contributed by atoms with Crippen molar-refractivity contribution in [3.05, 3.63) is 28.2 Å². The van der Waals surface area contributed by atoms with Gasteiger partial charge < -0.3 is 10.6 Å². The number of halogens is 2. The van der Waals surface area contributed by atoms with Crippen molar-refractivity contribution in [1.29, 1.82) is 0 Å². The Balaban J connectivity index is 1.91. The van der Waals surface area contributed by atoms with Crippen molar-refractivity contribution in [3.63, 3.8) is 0 Å². The molecule has 1 fully saturated rings. The van der Waals surface area contributed by atoms with Gasteiger partial charge in [0, 0.05) is 12.1 Å². The fraction of sp³-hybridized carbons (Fsp3) is 0.562. The molecular formula is C16H22Cl2N2O. The van der Waals surface area contributed by atoms with Crippen molar-refractivity contribution >= 4 is 34.8 Å². The SMILES string of the molecule is CCC(CC(=O)Nc1ccc(Cl)c(Cl)c1)C1CCNCC1. The Morgan fingerprint density at radius 2 is 2.05 bits per heavy atom. The molecular weight excluding hydrogens is 307 g/mol. The minimum absolute atomic E-state index is 0.0544. The zero-order valence-corrected chi connectivity index (χ0v) is 13.8. The van der Waals surface area contributed by atoms with Gasteiger partial charge in [0.1, 0.15) is 0 Å². The second-order valence-corrected chi connectivity index (χ2v) is 6.45. The van der Waals surface area contributed by atoms with E-state index in [1.54, 1.807) is 18.2 Å². The molecule has 1 atom stereocenters. The van der Waals surface area contributed by atoms with Crippen molar-refractivity contribution in [2.75, 3.05) is 18.4 Å². The smallest absolute Gasteiger partial charge is 0.224 e. The van der Waals surface area contributed by atoms with Gasteiger partial charge in [0.25, 0.3) is 0 Å². The van der Waals surface area contributed by atoms with Gasteiger partial charge in [0.15, 0.2) is 0 Å². The van der Waals surface area contributed by atoms with Crippen LogP contribution in [0.2, 0.25) is 10.0 Å². The van der Waals surface area contributed by atoms with Crippen LogP contribution in [0, 0.1) is 11.8 Å². The molecule has 5 heteroatoms. The maximum atomic E-state index is 12.2. The average molecular weight is 329 g/mol. The van der Waals surface area contributed by atoms with Crippen LogP contribution in [0.15, 0.2) is 18.2 Å². The summed E-state index contributed by atoms with van der Waals surface area (Å²) < 4.78 is 0. The zero-order valence-electron chi connectivity index (χ0n) is 12.3. The maximum Gasteiger partial charge on any atom is 0.224 e. The van der Waals surface area contributed by atoms with Crippen LogP contribution in [-0.2, 0) is 4.79 Å². The first-order chi connectivity index (χ1) is 10.1. The summed E-state index contributed by atoms with van der Waals surface area (Å²) >= 11 is 11.8. The van der Waals surface area contributed by atoms with E-state index < -0.39 is 0 Å². The Morgan fingerprint density at radius 3 is 2.67 bits per heavy atom. The second kappa shape index (κ2) is 8.02. The van der Waals surface area contributed by atoms with Crippen molar-refractivity contribution in [3.8, 4) is 0 Å². The van der Waals surface area contributed by atoms with E-state index in [0.29, 0.717) is 34.0 Å². The molecule has 3 nitrogen and oxygen atoms in total. The van der Waals surface area contributed by atoms with Crippen molar-refractivity contribution in [2.45, 2.75) is 32.6 Å². The fourth-order valence-electron chi connectivity index (χ4n) is 2.98. The van der Waals surface area contributed by atoms with Crippen LogP contribution < -0.4 is 10.6 Å². The van der Waals surface area contributed by atoms with Crippen LogP contribution in [0.25, 0.3) is 0 Å². The molecule has 0 saturated carbocycles. The molecule has 1 aliphatic heterocycles. The topological polar surface area (TPSA) is 41.1 Å². The van der Waals surface area contributed by atoms with Gasteiger partial charge >= 0.3 is 0 Å². The van der Waals surface area contributed by atoms with Crippen LogP contribution in [0.1, 0.15) is 32.6 Å². The molecule has 116 valence electrons. The van der Waals surface area contributed by atoms with Gasteiger partial charge in [0.05, 0.1) is 10.0 Å². The van der Waals surface area contributed by atoms with E-state index in [1.165, 1.54) is 12.8 Å². The third-order valence-electron chi connectivity index (χ3n) is 4.23. The largest absolute Gasteiger partial charge is 0.326 e. The van der Waals surface area contributed by atoms with E-state index in [1.807, 2.05) is 0 Å². The van der Waals surface area contributed by atoms with Crippen molar-refractivity contribution in [1.82, 2.24) is 5.32 Å². The Bertz CT molecular complexity index is 487. The monoisotopic (exact) mass is 328 g/mol. The van der Waals surface area contributed by atoms with Gasteiger partial charge in [-0.2, -0.15) is 0 Å². The standard InChI is InChI=1S/C16H22Cl2N2O/c1-2-11(12-5-7-19-8-6-12)9-16(21)20-13-3-4-14(17)15(18)10-13/h3-4,10-12,19H,2,5-9H2,1H3,(H,20,21). The number of rotatable bonds is 5. The Hall–Kier alpha value is -0.770. The normalized spacial score (nSPS) is 17.5. The van der Waals surface area contributed by atoms with Gasteiger partial charge in [-0.05, 0) is 56.0 Å². The van der Waals surface area contributed by atoms with E-state index in [2.05, 4.69) is 17.6 Å². The Kier molecular flexibility index (Phi) is 6.34. The third-order valence-corrected chi connectivity index (χ3v) is 4.96. The maximum absolute atomic E-state index is 12.2. The van der Waals surface area contributed by atoms with Gasteiger partial charge in [-0.15, -0.1) is 0 Å². The lowest BCUT2D eigenvalue weighted by atomic mass is 9.81. The molecule has 0 aromatic heterocycles. The molecule has 0 aliphatic carbocycles. The molecule has 0 spiro atoms. The van der Waals surface area contributed by atoms with Crippen LogP contribution in [0.3, 0.4) is 0 Å². The first-order valence-electron chi connectivity index (χ1n) is 7.55. The molecule has 1 amide bonds. The molecule has 0 radical (unpaired) electrons. The summed E-state index contributed by atoms with van der Waals surface area (Å²) in [7, 11) is 0. The zero-order chi connectivity index (χ0) is 15.2. The first-order valence-corrected chi connectivity index (χ1v) is 8.31. The number of amides is 1. The van der Waals surface area contributed by atoms with Crippen LogP contribution in [0.4, 0.5) is 5.69 Å². The molecule has 1 heterocycles. The summed E-state index contributed by atoms with van der Waals surface area (Å²) in [5, 5.41) is 7.24. The highest BCUT2D eigenvalue weighted by Crippen LogP contribution is 2.29. The van der Waals surface area contributed by atoms with Gasteiger partial charge in [-0.25, -0.2) is 0 Å². The van der Waals surface area contributed by atoms with Gasteiger partial charge in [-0.1, -0.05) is 36.5 Å². The summed E-state index contributed by atoms with van der Waals surface area (Å²) in [6, 6.07) is 5.16. The predicted octanol–water partition coefficient (Wildman–Crippen LogP) is 4.35. The lowest BCUT2D eigenvalue weighted by molar-refractivity contribution is -0.117. The highest BCUT2D eigenvalue weighted by atomic mass is 35.5. The minimum Gasteiger partial charge on any atom is -0.326 e. The van der Waals surface area contributed by atoms with Crippen LogP contribution in [-0.4, -0.2) is 19.0 Å². The fourth-order valence-corrected chi connectivity index (χ4v) is 3.28. The molecule has 1 saturated heterocycles. The number of nitrogens with one attached hydrogen (secondary N) is 2. The number of carbonyl (C=O) groups is 1. The number of anilines is 1. The lowest BCUT2D eigenvalue weighted by Gasteiger charge is -2.29. The van der Waals surface area contributed by atoms with Gasteiger partial charge in [-0.3, -0.25) is 4.79 Å².